The summed E-state index contributed by atoms with van der Waals surface area (Å²) in [5.74, 6) is 0. The van der Waals surface area contributed by atoms with Crippen LogP contribution in [0.3, 0.4) is 0 Å². The monoisotopic (exact) mass is 600 g/mol. The van der Waals surface area contributed by atoms with Gasteiger partial charge in [-0.3, -0.25) is 0 Å². The summed E-state index contributed by atoms with van der Waals surface area (Å²) < 4.78 is 0. The van der Waals surface area contributed by atoms with Crippen LogP contribution in [-0.2, 0) is 10.8 Å². The average Bonchev–Trinajstić information content (AvgIpc) is 3.05. The highest BCUT2D eigenvalue weighted by atomic mass is 15.1. The van der Waals surface area contributed by atoms with Crippen LogP contribution in [0.5, 0.6) is 0 Å². The van der Waals surface area contributed by atoms with Crippen LogP contribution in [0.25, 0.3) is 33.6 Å². The third kappa shape index (κ3) is 6.67. The van der Waals surface area contributed by atoms with E-state index in [0.717, 1.165) is 39.6 Å². The first-order valence-electron chi connectivity index (χ1n) is 16.2. The Morgan fingerprint density at radius 2 is 0.935 bits per heavy atom. The van der Waals surface area contributed by atoms with Crippen LogP contribution >= 0.6 is 0 Å². The molecule has 0 bridgehead atoms. The lowest BCUT2D eigenvalue weighted by Crippen LogP contribution is -2.16. The van der Waals surface area contributed by atoms with Crippen LogP contribution in [-0.4, -0.2) is 4.98 Å². The second kappa shape index (κ2) is 12.4. The van der Waals surface area contributed by atoms with Gasteiger partial charge in [-0.2, -0.15) is 0 Å². The first kappa shape index (κ1) is 31.0. The molecule has 46 heavy (non-hydrogen) atoms. The maximum Gasteiger partial charge on any atom is 0.0718 e. The Bertz CT molecular complexity index is 1890. The second-order valence-electron chi connectivity index (χ2n) is 14.3. The Morgan fingerprint density at radius 3 is 1.50 bits per heavy atom. The fourth-order valence-corrected chi connectivity index (χ4v) is 5.91. The number of aryl methyl sites for hydroxylation is 1. The number of para-hydroxylation sites is 2. The van der Waals surface area contributed by atoms with E-state index in [1.807, 2.05) is 0 Å². The lowest BCUT2D eigenvalue weighted by molar-refractivity contribution is 0.569. The molecule has 0 radical (unpaired) electrons. The highest BCUT2D eigenvalue weighted by Gasteiger charge is 2.22. The minimum atomic E-state index is 0.0252. The largest absolute Gasteiger partial charge is 0.310 e. The van der Waals surface area contributed by atoms with Crippen LogP contribution in [0.4, 0.5) is 17.1 Å². The number of aromatic nitrogens is 1. The standard InChI is InChI=1S/C44H44N2/c1-31-17-14-15-24-40(31)42-29-34(33-25-35(43(2,3)4)30-36(26-33)44(5,6)7)28-41(45-42)32-18-16-23-39(27-32)46(37-19-10-8-11-20-37)38-21-12-9-13-22-38/h8-30H,1-7H3. The third-order valence-corrected chi connectivity index (χ3v) is 8.67. The number of pyridine rings is 1. The molecule has 2 heteroatoms. The lowest BCUT2D eigenvalue weighted by atomic mass is 9.79. The fraction of sp³-hybridized carbons (Fsp3) is 0.205. The van der Waals surface area contributed by atoms with Gasteiger partial charge in [0.15, 0.2) is 0 Å². The Hall–Kier alpha value is -4.95. The quantitative estimate of drug-likeness (QED) is 0.189. The van der Waals surface area contributed by atoms with Crippen LogP contribution in [0.1, 0.15) is 58.2 Å². The van der Waals surface area contributed by atoms with Crippen molar-refractivity contribution in [3.8, 4) is 33.6 Å². The fourth-order valence-electron chi connectivity index (χ4n) is 5.91. The molecule has 0 saturated carbocycles. The number of anilines is 3. The predicted molar refractivity (Wildman–Crippen MR) is 197 cm³/mol. The van der Waals surface area contributed by atoms with Crippen LogP contribution in [0, 0.1) is 6.92 Å². The zero-order valence-corrected chi connectivity index (χ0v) is 28.2. The smallest absolute Gasteiger partial charge is 0.0718 e. The summed E-state index contributed by atoms with van der Waals surface area (Å²) in [6.07, 6.45) is 0. The first-order valence-corrected chi connectivity index (χ1v) is 16.2. The summed E-state index contributed by atoms with van der Waals surface area (Å²) in [5, 5.41) is 0. The summed E-state index contributed by atoms with van der Waals surface area (Å²) >= 11 is 0. The van der Waals surface area contributed by atoms with Crippen molar-refractivity contribution in [3.63, 3.8) is 0 Å². The summed E-state index contributed by atoms with van der Waals surface area (Å²) in [5.41, 5.74) is 13.8. The summed E-state index contributed by atoms with van der Waals surface area (Å²) in [6, 6.07) is 50.1. The molecule has 0 amide bonds. The van der Waals surface area contributed by atoms with Crippen molar-refractivity contribution >= 4 is 17.1 Å². The van der Waals surface area contributed by atoms with E-state index < -0.39 is 0 Å². The van der Waals surface area contributed by atoms with Crippen molar-refractivity contribution in [2.45, 2.75) is 59.3 Å². The highest BCUT2D eigenvalue weighted by molar-refractivity contribution is 5.82. The Morgan fingerprint density at radius 1 is 0.435 bits per heavy atom. The zero-order valence-electron chi connectivity index (χ0n) is 28.2. The first-order chi connectivity index (χ1) is 22.0. The Labute approximate surface area is 275 Å². The normalized spacial score (nSPS) is 11.8. The van der Waals surface area contributed by atoms with Gasteiger partial charge in [-0.25, -0.2) is 4.98 Å². The van der Waals surface area contributed by atoms with Crippen molar-refractivity contribution in [1.29, 1.82) is 0 Å². The van der Waals surface area contributed by atoms with E-state index in [4.69, 9.17) is 4.98 Å². The molecule has 6 rings (SSSR count). The molecule has 5 aromatic carbocycles. The molecule has 0 fully saturated rings. The molecular formula is C44H44N2. The molecule has 1 aromatic heterocycles. The van der Waals surface area contributed by atoms with Crippen molar-refractivity contribution < 1.29 is 0 Å². The van der Waals surface area contributed by atoms with Crippen molar-refractivity contribution in [1.82, 2.24) is 4.98 Å². The van der Waals surface area contributed by atoms with E-state index in [2.05, 4.69) is 193 Å². The molecule has 0 N–H and O–H groups in total. The maximum absolute atomic E-state index is 5.33. The highest BCUT2D eigenvalue weighted by Crippen LogP contribution is 2.39. The minimum Gasteiger partial charge on any atom is -0.310 e. The average molecular weight is 601 g/mol. The van der Waals surface area contributed by atoms with Gasteiger partial charge in [-0.05, 0) is 94.1 Å². The van der Waals surface area contributed by atoms with Crippen molar-refractivity contribution in [2.24, 2.45) is 0 Å². The van der Waals surface area contributed by atoms with Gasteiger partial charge in [-0.1, -0.05) is 133 Å². The molecule has 2 nitrogen and oxygen atoms in total. The molecule has 0 aliphatic carbocycles. The van der Waals surface area contributed by atoms with E-state index in [9.17, 15) is 0 Å². The topological polar surface area (TPSA) is 16.1 Å². The maximum atomic E-state index is 5.33. The van der Waals surface area contributed by atoms with Gasteiger partial charge >= 0.3 is 0 Å². The van der Waals surface area contributed by atoms with Crippen LogP contribution < -0.4 is 4.90 Å². The molecule has 1 heterocycles. The lowest BCUT2D eigenvalue weighted by Gasteiger charge is -2.26. The number of nitrogens with zero attached hydrogens (tertiary/aromatic N) is 2. The molecule has 0 aliphatic rings. The Kier molecular flexibility index (Phi) is 8.40. The molecular weight excluding hydrogens is 556 g/mol. The second-order valence-corrected chi connectivity index (χ2v) is 14.3. The number of hydrogen-bond acceptors (Lipinski definition) is 2. The summed E-state index contributed by atoms with van der Waals surface area (Å²) in [7, 11) is 0. The van der Waals surface area contributed by atoms with E-state index in [1.54, 1.807) is 0 Å². The molecule has 0 aliphatic heterocycles. The minimum absolute atomic E-state index is 0.0252. The number of rotatable bonds is 6. The van der Waals surface area contributed by atoms with E-state index in [-0.39, 0.29) is 10.8 Å². The molecule has 230 valence electrons. The van der Waals surface area contributed by atoms with Gasteiger partial charge in [0.05, 0.1) is 11.4 Å². The predicted octanol–water partition coefficient (Wildman–Crippen LogP) is 12.5. The molecule has 0 unspecified atom stereocenters. The van der Waals surface area contributed by atoms with E-state index in [1.165, 1.54) is 27.8 Å². The summed E-state index contributed by atoms with van der Waals surface area (Å²) in [4.78, 5) is 7.63. The number of benzene rings is 5. The molecule has 0 saturated heterocycles. The summed E-state index contributed by atoms with van der Waals surface area (Å²) in [6.45, 7) is 16.0. The number of hydrogen-bond donors (Lipinski definition) is 0. The van der Waals surface area contributed by atoms with Crippen molar-refractivity contribution in [3.05, 3.63) is 156 Å². The van der Waals surface area contributed by atoms with Gasteiger partial charge in [0.2, 0.25) is 0 Å². The van der Waals surface area contributed by atoms with Gasteiger partial charge in [0.1, 0.15) is 0 Å². The molecule has 0 spiro atoms. The van der Waals surface area contributed by atoms with Gasteiger partial charge < -0.3 is 4.90 Å². The van der Waals surface area contributed by atoms with Crippen LogP contribution in [0.15, 0.2) is 140 Å². The van der Waals surface area contributed by atoms with Gasteiger partial charge in [0, 0.05) is 28.2 Å². The molecule has 0 atom stereocenters. The van der Waals surface area contributed by atoms with Gasteiger partial charge in [0.25, 0.3) is 0 Å². The van der Waals surface area contributed by atoms with Crippen LogP contribution in [0.2, 0.25) is 0 Å². The van der Waals surface area contributed by atoms with E-state index >= 15 is 0 Å². The van der Waals surface area contributed by atoms with Gasteiger partial charge in [-0.15, -0.1) is 0 Å². The van der Waals surface area contributed by atoms with E-state index in [0.29, 0.717) is 0 Å². The molecule has 6 aromatic rings. The Balaban J connectivity index is 1.56. The third-order valence-electron chi connectivity index (χ3n) is 8.67. The van der Waals surface area contributed by atoms with Crippen molar-refractivity contribution in [2.75, 3.05) is 4.90 Å². The SMILES string of the molecule is Cc1ccccc1-c1cc(-c2cc(C(C)(C)C)cc(C(C)(C)C)c2)cc(-c2cccc(N(c3ccccc3)c3ccccc3)c2)n1. The zero-order chi connectivity index (χ0) is 32.5.